The average Bonchev–Trinajstić information content (AvgIpc) is 2.57. The standard InChI is InChI=1S/C18H16N4O/c1-13(21-16-8-6-14(7-9-16)10-11-19)18(23)22-17-5-3-2-4-15(17)12-20/h2-9,13,21H,10H2,1H3,(H,22,23). The van der Waals surface area contributed by atoms with Crippen molar-refractivity contribution in [2.24, 2.45) is 0 Å². The van der Waals surface area contributed by atoms with Crippen molar-refractivity contribution < 1.29 is 4.79 Å². The summed E-state index contributed by atoms with van der Waals surface area (Å²) in [5.41, 5.74) is 2.65. The Labute approximate surface area is 135 Å². The highest BCUT2D eigenvalue weighted by Gasteiger charge is 2.14. The zero-order valence-electron chi connectivity index (χ0n) is 12.7. The number of anilines is 2. The van der Waals surface area contributed by atoms with Crippen LogP contribution < -0.4 is 10.6 Å². The molecule has 5 nitrogen and oxygen atoms in total. The number of rotatable bonds is 5. The molecule has 0 saturated heterocycles. The van der Waals surface area contributed by atoms with Gasteiger partial charge in [-0.25, -0.2) is 0 Å². The quantitative estimate of drug-likeness (QED) is 0.888. The van der Waals surface area contributed by atoms with Gasteiger partial charge in [0.25, 0.3) is 0 Å². The third-order valence-electron chi connectivity index (χ3n) is 3.32. The molecular formula is C18H16N4O. The van der Waals surface area contributed by atoms with Gasteiger partial charge in [-0.1, -0.05) is 24.3 Å². The Balaban J connectivity index is 2.00. The number of carbonyl (C=O) groups is 1. The summed E-state index contributed by atoms with van der Waals surface area (Å²) in [4.78, 5) is 12.2. The van der Waals surface area contributed by atoms with E-state index in [0.29, 0.717) is 17.7 Å². The average molecular weight is 304 g/mol. The molecule has 0 radical (unpaired) electrons. The minimum absolute atomic E-state index is 0.228. The van der Waals surface area contributed by atoms with Crippen molar-refractivity contribution in [1.82, 2.24) is 0 Å². The number of nitrogens with zero attached hydrogens (tertiary/aromatic N) is 2. The molecule has 2 rings (SSSR count). The first-order chi connectivity index (χ1) is 11.1. The Morgan fingerprint density at radius 3 is 2.48 bits per heavy atom. The zero-order valence-corrected chi connectivity index (χ0v) is 12.7. The van der Waals surface area contributed by atoms with E-state index in [2.05, 4.69) is 16.7 Å². The Kier molecular flexibility index (Phi) is 5.33. The molecule has 114 valence electrons. The molecule has 23 heavy (non-hydrogen) atoms. The van der Waals surface area contributed by atoms with Crippen molar-refractivity contribution in [3.63, 3.8) is 0 Å². The van der Waals surface area contributed by atoms with Gasteiger partial charge in [0.1, 0.15) is 12.1 Å². The molecule has 1 unspecified atom stereocenters. The number of carbonyl (C=O) groups excluding carboxylic acids is 1. The summed E-state index contributed by atoms with van der Waals surface area (Å²) in [5, 5.41) is 23.5. The van der Waals surface area contributed by atoms with Crippen LogP contribution in [0.3, 0.4) is 0 Å². The van der Waals surface area contributed by atoms with Crippen LogP contribution in [0.1, 0.15) is 18.1 Å². The Hall–Kier alpha value is -3.31. The lowest BCUT2D eigenvalue weighted by molar-refractivity contribution is -0.116. The lowest BCUT2D eigenvalue weighted by atomic mass is 10.1. The number of nitriles is 2. The molecule has 0 fully saturated rings. The van der Waals surface area contributed by atoms with E-state index in [-0.39, 0.29) is 5.91 Å². The number of hydrogen-bond acceptors (Lipinski definition) is 4. The summed E-state index contributed by atoms with van der Waals surface area (Å²) in [7, 11) is 0. The van der Waals surface area contributed by atoms with Gasteiger partial charge < -0.3 is 10.6 Å². The second-order valence-electron chi connectivity index (χ2n) is 5.04. The van der Waals surface area contributed by atoms with Gasteiger partial charge in [0.05, 0.1) is 23.7 Å². The maximum absolute atomic E-state index is 12.2. The molecule has 0 heterocycles. The highest BCUT2D eigenvalue weighted by atomic mass is 16.2. The van der Waals surface area contributed by atoms with E-state index in [9.17, 15) is 4.79 Å². The van der Waals surface area contributed by atoms with Crippen LogP contribution >= 0.6 is 0 Å². The van der Waals surface area contributed by atoms with Crippen molar-refractivity contribution in [3.05, 3.63) is 59.7 Å². The number of amides is 1. The summed E-state index contributed by atoms with van der Waals surface area (Å²) in [6, 6.07) is 17.9. The van der Waals surface area contributed by atoms with Crippen LogP contribution in [0.15, 0.2) is 48.5 Å². The Bertz CT molecular complexity index is 769. The molecule has 1 atom stereocenters. The number of nitrogens with one attached hydrogen (secondary N) is 2. The van der Waals surface area contributed by atoms with E-state index in [0.717, 1.165) is 11.3 Å². The molecule has 1 amide bonds. The predicted octanol–water partition coefficient (Wildman–Crippen LogP) is 3.06. The maximum Gasteiger partial charge on any atom is 0.246 e. The Morgan fingerprint density at radius 2 is 1.83 bits per heavy atom. The van der Waals surface area contributed by atoms with E-state index < -0.39 is 6.04 Å². The van der Waals surface area contributed by atoms with Gasteiger partial charge in [0.2, 0.25) is 5.91 Å². The molecule has 2 N–H and O–H groups in total. The second kappa shape index (κ2) is 7.63. The molecule has 2 aromatic rings. The van der Waals surface area contributed by atoms with Crippen molar-refractivity contribution in [3.8, 4) is 12.1 Å². The summed E-state index contributed by atoms with van der Waals surface area (Å²) < 4.78 is 0. The van der Waals surface area contributed by atoms with Crippen LogP contribution in [0.4, 0.5) is 11.4 Å². The van der Waals surface area contributed by atoms with Gasteiger partial charge in [0, 0.05) is 5.69 Å². The van der Waals surface area contributed by atoms with Crippen LogP contribution in [-0.2, 0) is 11.2 Å². The molecular weight excluding hydrogens is 288 g/mol. The van der Waals surface area contributed by atoms with Gasteiger partial charge in [0.15, 0.2) is 0 Å². The first-order valence-corrected chi connectivity index (χ1v) is 7.16. The fourth-order valence-corrected chi connectivity index (χ4v) is 2.06. The molecule has 0 aliphatic heterocycles. The smallest absolute Gasteiger partial charge is 0.246 e. The highest BCUT2D eigenvalue weighted by molar-refractivity contribution is 5.97. The van der Waals surface area contributed by atoms with Crippen molar-refractivity contribution in [1.29, 1.82) is 10.5 Å². The minimum atomic E-state index is -0.469. The SMILES string of the molecule is CC(Nc1ccc(CC#N)cc1)C(=O)Nc1ccccc1C#N. The van der Waals surface area contributed by atoms with Gasteiger partial charge in [-0.15, -0.1) is 0 Å². The summed E-state index contributed by atoms with van der Waals surface area (Å²) >= 11 is 0. The fraction of sp³-hybridized carbons (Fsp3) is 0.167. The van der Waals surface area contributed by atoms with Crippen LogP contribution in [0.2, 0.25) is 0 Å². The lowest BCUT2D eigenvalue weighted by Gasteiger charge is -2.16. The monoisotopic (exact) mass is 304 g/mol. The third kappa shape index (κ3) is 4.33. The van der Waals surface area contributed by atoms with Crippen LogP contribution in [0.25, 0.3) is 0 Å². The third-order valence-corrected chi connectivity index (χ3v) is 3.32. The lowest BCUT2D eigenvalue weighted by Crippen LogP contribution is -2.32. The van der Waals surface area contributed by atoms with E-state index >= 15 is 0 Å². The molecule has 0 aliphatic carbocycles. The van der Waals surface area contributed by atoms with E-state index in [1.54, 1.807) is 31.2 Å². The molecule has 0 aromatic heterocycles. The summed E-state index contributed by atoms with van der Waals surface area (Å²) in [6.45, 7) is 1.74. The number of para-hydroxylation sites is 1. The van der Waals surface area contributed by atoms with Gasteiger partial charge >= 0.3 is 0 Å². The molecule has 2 aromatic carbocycles. The van der Waals surface area contributed by atoms with E-state index in [1.807, 2.05) is 30.3 Å². The van der Waals surface area contributed by atoms with E-state index in [1.165, 1.54) is 0 Å². The Morgan fingerprint density at radius 1 is 1.13 bits per heavy atom. The molecule has 5 heteroatoms. The van der Waals surface area contributed by atoms with Gasteiger partial charge in [-0.05, 0) is 36.8 Å². The number of benzene rings is 2. The normalized spacial score (nSPS) is 10.9. The van der Waals surface area contributed by atoms with E-state index in [4.69, 9.17) is 10.5 Å². The van der Waals surface area contributed by atoms with Crippen molar-refractivity contribution in [2.45, 2.75) is 19.4 Å². The minimum Gasteiger partial charge on any atom is -0.374 e. The molecule has 0 spiro atoms. The van der Waals surface area contributed by atoms with Gasteiger partial charge in [-0.2, -0.15) is 10.5 Å². The zero-order chi connectivity index (χ0) is 16.7. The molecule has 0 saturated carbocycles. The second-order valence-corrected chi connectivity index (χ2v) is 5.04. The van der Waals surface area contributed by atoms with Crippen LogP contribution in [0.5, 0.6) is 0 Å². The predicted molar refractivity (Wildman–Crippen MR) is 88.6 cm³/mol. The first kappa shape index (κ1) is 16.1. The number of hydrogen-bond donors (Lipinski definition) is 2. The molecule has 0 aliphatic rings. The maximum atomic E-state index is 12.2. The highest BCUT2D eigenvalue weighted by Crippen LogP contribution is 2.15. The largest absolute Gasteiger partial charge is 0.374 e. The fourth-order valence-electron chi connectivity index (χ4n) is 2.06. The van der Waals surface area contributed by atoms with Crippen molar-refractivity contribution in [2.75, 3.05) is 10.6 Å². The van der Waals surface area contributed by atoms with Crippen LogP contribution in [-0.4, -0.2) is 11.9 Å². The van der Waals surface area contributed by atoms with Gasteiger partial charge in [-0.3, -0.25) is 4.79 Å². The molecule has 0 bridgehead atoms. The van der Waals surface area contributed by atoms with Crippen molar-refractivity contribution >= 4 is 17.3 Å². The first-order valence-electron chi connectivity index (χ1n) is 7.16. The summed E-state index contributed by atoms with van der Waals surface area (Å²) in [6.07, 6.45) is 0.362. The topological polar surface area (TPSA) is 88.7 Å². The van der Waals surface area contributed by atoms with Crippen LogP contribution in [0, 0.1) is 22.7 Å². The summed E-state index contributed by atoms with van der Waals surface area (Å²) in [5.74, 6) is -0.228.